The van der Waals surface area contributed by atoms with E-state index in [0.29, 0.717) is 11.1 Å². The number of hydrogen-bond donors (Lipinski definition) is 1. The zero-order valence-corrected chi connectivity index (χ0v) is 13.1. The van der Waals surface area contributed by atoms with E-state index in [1.807, 2.05) is 49.3 Å². The molecule has 0 saturated carbocycles. The number of para-hydroxylation sites is 1. The van der Waals surface area contributed by atoms with Crippen LogP contribution >= 0.6 is 0 Å². The van der Waals surface area contributed by atoms with Crippen LogP contribution in [0.5, 0.6) is 0 Å². The van der Waals surface area contributed by atoms with E-state index < -0.39 is 0 Å². The summed E-state index contributed by atoms with van der Waals surface area (Å²) in [6.45, 7) is 0.264. The van der Waals surface area contributed by atoms with Crippen LogP contribution < -0.4 is 10.2 Å². The fourth-order valence-corrected chi connectivity index (χ4v) is 2.03. The summed E-state index contributed by atoms with van der Waals surface area (Å²) in [5.74, 6) is 5.83. The Labute approximate surface area is 136 Å². The van der Waals surface area contributed by atoms with Gasteiger partial charge in [0, 0.05) is 25.2 Å². The number of carbonyl (C=O) groups is 1. The zero-order valence-electron chi connectivity index (χ0n) is 13.1. The molecular formula is C19H17N3O. The lowest BCUT2D eigenvalue weighted by Crippen LogP contribution is -2.23. The molecule has 4 heteroatoms. The van der Waals surface area contributed by atoms with Crippen molar-refractivity contribution in [2.75, 3.05) is 25.5 Å². The summed E-state index contributed by atoms with van der Waals surface area (Å²) in [5, 5.41) is 11.5. The van der Waals surface area contributed by atoms with Gasteiger partial charge in [-0.3, -0.25) is 4.79 Å². The van der Waals surface area contributed by atoms with Crippen molar-refractivity contribution >= 4 is 11.6 Å². The van der Waals surface area contributed by atoms with Crippen molar-refractivity contribution in [3.8, 4) is 17.9 Å². The van der Waals surface area contributed by atoms with E-state index in [9.17, 15) is 4.79 Å². The Morgan fingerprint density at radius 3 is 2.48 bits per heavy atom. The maximum Gasteiger partial charge on any atom is 0.252 e. The molecule has 0 heterocycles. The molecule has 4 nitrogen and oxygen atoms in total. The molecule has 0 aliphatic rings. The van der Waals surface area contributed by atoms with Crippen LogP contribution in [0.2, 0.25) is 0 Å². The van der Waals surface area contributed by atoms with Gasteiger partial charge in [-0.25, -0.2) is 0 Å². The van der Waals surface area contributed by atoms with Crippen molar-refractivity contribution in [1.82, 2.24) is 5.32 Å². The second-order valence-corrected chi connectivity index (χ2v) is 5.09. The van der Waals surface area contributed by atoms with Gasteiger partial charge in [0.15, 0.2) is 0 Å². The molecule has 0 aromatic heterocycles. The minimum absolute atomic E-state index is 0.204. The van der Waals surface area contributed by atoms with E-state index in [0.717, 1.165) is 11.3 Å². The van der Waals surface area contributed by atoms with E-state index in [1.165, 1.54) is 0 Å². The fraction of sp³-hybridized carbons (Fsp3) is 0.158. The third-order valence-electron chi connectivity index (χ3n) is 3.22. The Kier molecular flexibility index (Phi) is 5.39. The summed E-state index contributed by atoms with van der Waals surface area (Å²) in [7, 11) is 3.93. The van der Waals surface area contributed by atoms with Crippen LogP contribution in [0.4, 0.5) is 5.69 Å². The number of hydrogen-bond acceptors (Lipinski definition) is 3. The van der Waals surface area contributed by atoms with Crippen molar-refractivity contribution in [2.45, 2.75) is 0 Å². The lowest BCUT2D eigenvalue weighted by molar-refractivity contribution is 0.0958. The molecule has 1 N–H and O–H groups in total. The molecule has 2 aromatic carbocycles. The average molecular weight is 303 g/mol. The highest BCUT2D eigenvalue weighted by atomic mass is 16.1. The third-order valence-corrected chi connectivity index (χ3v) is 3.22. The lowest BCUT2D eigenvalue weighted by atomic mass is 10.1. The third kappa shape index (κ3) is 4.36. The Morgan fingerprint density at radius 2 is 1.83 bits per heavy atom. The summed E-state index contributed by atoms with van der Waals surface area (Å²) < 4.78 is 0. The maximum atomic E-state index is 12.0. The van der Waals surface area contributed by atoms with Gasteiger partial charge in [-0.1, -0.05) is 24.0 Å². The SMILES string of the molecule is CN(C)c1ccccc1C#CCNC(=O)c1ccc(C#N)cc1. The quantitative estimate of drug-likeness (QED) is 0.886. The smallest absolute Gasteiger partial charge is 0.252 e. The van der Waals surface area contributed by atoms with Crippen molar-refractivity contribution < 1.29 is 4.79 Å². The minimum Gasteiger partial charge on any atom is -0.377 e. The van der Waals surface area contributed by atoms with E-state index in [2.05, 4.69) is 17.2 Å². The van der Waals surface area contributed by atoms with E-state index in [4.69, 9.17) is 5.26 Å². The molecular weight excluding hydrogens is 286 g/mol. The topological polar surface area (TPSA) is 56.1 Å². The summed E-state index contributed by atoms with van der Waals surface area (Å²) >= 11 is 0. The first-order chi connectivity index (χ1) is 11.1. The largest absolute Gasteiger partial charge is 0.377 e. The maximum absolute atomic E-state index is 12.0. The van der Waals surface area contributed by atoms with Crippen LogP contribution in [0, 0.1) is 23.2 Å². The van der Waals surface area contributed by atoms with Crippen molar-refractivity contribution in [1.29, 1.82) is 5.26 Å². The Bertz CT molecular complexity index is 790. The molecule has 0 atom stereocenters. The van der Waals surface area contributed by atoms with Crippen LogP contribution in [0.1, 0.15) is 21.5 Å². The molecule has 0 spiro atoms. The molecule has 2 aromatic rings. The monoisotopic (exact) mass is 303 g/mol. The van der Waals surface area contributed by atoms with Gasteiger partial charge >= 0.3 is 0 Å². The van der Waals surface area contributed by atoms with Gasteiger partial charge in [0.1, 0.15) is 0 Å². The first-order valence-electron chi connectivity index (χ1n) is 7.15. The fourth-order valence-electron chi connectivity index (χ4n) is 2.03. The molecule has 0 bridgehead atoms. The van der Waals surface area contributed by atoms with Gasteiger partial charge in [0.05, 0.1) is 23.9 Å². The Morgan fingerprint density at radius 1 is 1.13 bits per heavy atom. The predicted molar refractivity (Wildman–Crippen MR) is 91.1 cm³/mol. The van der Waals surface area contributed by atoms with Crippen LogP contribution in [-0.4, -0.2) is 26.5 Å². The number of nitriles is 1. The number of nitrogens with zero attached hydrogens (tertiary/aromatic N) is 2. The van der Waals surface area contributed by atoms with Crippen molar-refractivity contribution in [3.05, 3.63) is 65.2 Å². The first-order valence-corrected chi connectivity index (χ1v) is 7.15. The molecule has 0 unspecified atom stereocenters. The minimum atomic E-state index is -0.204. The first kappa shape index (κ1) is 16.1. The standard InChI is InChI=1S/C19H17N3O/c1-22(2)18-8-4-3-6-16(18)7-5-13-21-19(23)17-11-9-15(14-20)10-12-17/h3-4,6,8-12H,13H2,1-2H3,(H,21,23). The highest BCUT2D eigenvalue weighted by Crippen LogP contribution is 2.16. The number of rotatable bonds is 3. The molecule has 1 amide bonds. The number of amides is 1. The number of benzene rings is 2. The van der Waals surface area contributed by atoms with Crippen LogP contribution in [0.3, 0.4) is 0 Å². The number of anilines is 1. The van der Waals surface area contributed by atoms with Crippen LogP contribution in [0.25, 0.3) is 0 Å². The highest BCUT2D eigenvalue weighted by Gasteiger charge is 2.03. The molecule has 0 aliphatic carbocycles. The number of nitrogens with one attached hydrogen (secondary N) is 1. The molecule has 114 valence electrons. The Hall–Kier alpha value is -3.24. The van der Waals surface area contributed by atoms with Gasteiger partial charge in [-0.2, -0.15) is 5.26 Å². The molecule has 2 rings (SSSR count). The van der Waals surface area contributed by atoms with Crippen molar-refractivity contribution in [3.63, 3.8) is 0 Å². The van der Waals surface area contributed by atoms with Gasteiger partial charge in [0.25, 0.3) is 5.91 Å². The van der Waals surface area contributed by atoms with Crippen LogP contribution in [0.15, 0.2) is 48.5 Å². The summed E-state index contributed by atoms with van der Waals surface area (Å²) in [6, 6.07) is 16.4. The lowest BCUT2D eigenvalue weighted by Gasteiger charge is -2.13. The second-order valence-electron chi connectivity index (χ2n) is 5.09. The predicted octanol–water partition coefficient (Wildman–Crippen LogP) is 2.41. The highest BCUT2D eigenvalue weighted by molar-refractivity contribution is 5.94. The van der Waals surface area contributed by atoms with Gasteiger partial charge in [-0.05, 0) is 36.4 Å². The van der Waals surface area contributed by atoms with E-state index in [-0.39, 0.29) is 12.5 Å². The normalized spacial score (nSPS) is 9.26. The average Bonchev–Trinajstić information content (AvgIpc) is 2.58. The molecule has 23 heavy (non-hydrogen) atoms. The number of carbonyl (C=O) groups excluding carboxylic acids is 1. The van der Waals surface area contributed by atoms with Gasteiger partial charge < -0.3 is 10.2 Å². The second kappa shape index (κ2) is 7.68. The summed E-state index contributed by atoms with van der Waals surface area (Å²) in [4.78, 5) is 14.0. The zero-order chi connectivity index (χ0) is 16.7. The summed E-state index contributed by atoms with van der Waals surface area (Å²) in [5.41, 5.74) is 3.00. The summed E-state index contributed by atoms with van der Waals surface area (Å²) in [6.07, 6.45) is 0. The van der Waals surface area contributed by atoms with Gasteiger partial charge in [-0.15, -0.1) is 0 Å². The van der Waals surface area contributed by atoms with E-state index in [1.54, 1.807) is 24.3 Å². The van der Waals surface area contributed by atoms with E-state index >= 15 is 0 Å². The Balaban J connectivity index is 1.98. The van der Waals surface area contributed by atoms with Crippen LogP contribution in [-0.2, 0) is 0 Å². The molecule has 0 aliphatic heterocycles. The molecule has 0 fully saturated rings. The molecule has 0 radical (unpaired) electrons. The van der Waals surface area contributed by atoms with Gasteiger partial charge in [0.2, 0.25) is 0 Å². The van der Waals surface area contributed by atoms with Crippen molar-refractivity contribution in [2.24, 2.45) is 0 Å². The molecule has 0 saturated heterocycles.